The van der Waals surface area contributed by atoms with Crippen LogP contribution in [-0.4, -0.2) is 5.97 Å². The molecule has 2 nitrogen and oxygen atoms in total. The molecule has 0 saturated carbocycles. The Kier molecular flexibility index (Phi) is 6.43. The molecule has 0 heterocycles. The van der Waals surface area contributed by atoms with Gasteiger partial charge in [-0.25, -0.2) is 0 Å². The third-order valence-electron chi connectivity index (χ3n) is 1.43. The molecule has 0 aliphatic carbocycles. The Hall–Kier alpha value is -0.687. The van der Waals surface area contributed by atoms with E-state index in [2.05, 4.69) is 0 Å². The number of carbonyl (C=O) groups is 1. The van der Waals surface area contributed by atoms with Crippen molar-refractivity contribution in [3.8, 4) is 5.75 Å². The molecule has 66 valence electrons. The van der Waals surface area contributed by atoms with Crippen LogP contribution in [0.25, 0.3) is 0 Å². The zero-order chi connectivity index (χ0) is 8.81. The van der Waals surface area contributed by atoms with Crippen LogP contribution in [0.15, 0.2) is 30.3 Å². The summed E-state index contributed by atoms with van der Waals surface area (Å²) in [5, 5.41) is 0. The van der Waals surface area contributed by atoms with Gasteiger partial charge in [0.25, 0.3) is 0 Å². The zero-order valence-corrected chi connectivity index (χ0v) is 10.8. The van der Waals surface area contributed by atoms with E-state index >= 15 is 0 Å². The molecule has 0 bridgehead atoms. The molecule has 1 aromatic carbocycles. The monoisotopic (exact) mass is 228 g/mol. The normalized spacial score (nSPS) is 8.69. The molecule has 0 N–H and O–H groups in total. The van der Waals surface area contributed by atoms with Gasteiger partial charge in [-0.15, -0.1) is 0 Å². The Morgan fingerprint density at radius 2 is 1.92 bits per heavy atom. The molecule has 13 heavy (non-hydrogen) atoms. The van der Waals surface area contributed by atoms with Crippen LogP contribution < -0.4 is 4.74 Å². The third kappa shape index (κ3) is 4.79. The molecule has 0 atom stereocenters. The average molecular weight is 230 g/mol. The van der Waals surface area contributed by atoms with Gasteiger partial charge in [0, 0.05) is 25.9 Å². The second-order valence-corrected chi connectivity index (χ2v) is 2.54. The largest absolute Gasteiger partial charge is 0.427 e. The zero-order valence-electron chi connectivity index (χ0n) is 7.82. The smallest absolute Gasteiger partial charge is 0.311 e. The molecule has 0 amide bonds. The van der Waals surface area contributed by atoms with Crippen molar-refractivity contribution in [1.29, 1.82) is 0 Å². The Balaban J connectivity index is 0.00000144. The van der Waals surface area contributed by atoms with Crippen molar-refractivity contribution in [3.63, 3.8) is 0 Å². The first-order valence-corrected chi connectivity index (χ1v) is 4.08. The Morgan fingerprint density at radius 1 is 1.31 bits per heavy atom. The van der Waals surface area contributed by atoms with Crippen molar-refractivity contribution in [2.45, 2.75) is 19.8 Å². The van der Waals surface area contributed by atoms with E-state index in [-0.39, 0.29) is 25.4 Å². The number of hydrogen-bond donors (Lipinski definition) is 0. The summed E-state index contributed by atoms with van der Waals surface area (Å²) in [6.07, 6.45) is 1.31. The van der Waals surface area contributed by atoms with Crippen LogP contribution in [0.3, 0.4) is 0 Å². The summed E-state index contributed by atoms with van der Waals surface area (Å²) in [5.74, 6) is 0.458. The van der Waals surface area contributed by atoms with Crippen LogP contribution in [0.2, 0.25) is 0 Å². The van der Waals surface area contributed by atoms with Gasteiger partial charge in [-0.3, -0.25) is 4.79 Å². The third-order valence-corrected chi connectivity index (χ3v) is 1.43. The molecular weight excluding hydrogens is 217 g/mol. The summed E-state index contributed by atoms with van der Waals surface area (Å²) < 4.78 is 5.02. The van der Waals surface area contributed by atoms with Gasteiger partial charge in [-0.05, 0) is 18.6 Å². The number of para-hydroxylation sites is 1. The van der Waals surface area contributed by atoms with Crippen LogP contribution in [0.4, 0.5) is 0 Å². The number of ether oxygens (including phenoxy) is 1. The topological polar surface area (TPSA) is 26.3 Å². The molecule has 0 fully saturated rings. The fraction of sp³-hybridized carbons (Fsp3) is 0.300. The van der Waals surface area contributed by atoms with E-state index in [1.54, 1.807) is 12.1 Å². The van der Waals surface area contributed by atoms with E-state index in [1.807, 2.05) is 25.1 Å². The molecule has 0 saturated heterocycles. The number of rotatable bonds is 3. The fourth-order valence-electron chi connectivity index (χ4n) is 0.875. The first-order chi connectivity index (χ1) is 5.83. The quantitative estimate of drug-likeness (QED) is 0.452. The Bertz CT molecular complexity index is 246. The summed E-state index contributed by atoms with van der Waals surface area (Å²) in [5.41, 5.74) is 0. The Labute approximate surface area is 91.0 Å². The minimum atomic E-state index is -0.163. The molecule has 0 spiro atoms. The van der Waals surface area contributed by atoms with E-state index in [4.69, 9.17) is 4.74 Å². The van der Waals surface area contributed by atoms with E-state index in [1.165, 1.54) is 0 Å². The van der Waals surface area contributed by atoms with Crippen molar-refractivity contribution in [1.82, 2.24) is 0 Å². The second-order valence-electron chi connectivity index (χ2n) is 2.54. The van der Waals surface area contributed by atoms with Crippen LogP contribution in [0, 0.1) is 0 Å². The summed E-state index contributed by atoms with van der Waals surface area (Å²) in [7, 11) is 0. The molecular formula is C10H12O2Zn. The van der Waals surface area contributed by atoms with Crippen LogP contribution in [0.5, 0.6) is 5.75 Å². The molecule has 3 heteroatoms. The van der Waals surface area contributed by atoms with E-state index in [0.717, 1.165) is 6.42 Å². The van der Waals surface area contributed by atoms with Gasteiger partial charge in [0.1, 0.15) is 5.75 Å². The summed E-state index contributed by atoms with van der Waals surface area (Å²) in [6.45, 7) is 1.95. The van der Waals surface area contributed by atoms with Crippen LogP contribution >= 0.6 is 0 Å². The van der Waals surface area contributed by atoms with E-state index in [0.29, 0.717) is 12.2 Å². The van der Waals surface area contributed by atoms with Crippen molar-refractivity contribution in [3.05, 3.63) is 30.3 Å². The predicted molar refractivity (Wildman–Crippen MR) is 47.0 cm³/mol. The Morgan fingerprint density at radius 3 is 2.46 bits per heavy atom. The van der Waals surface area contributed by atoms with Gasteiger partial charge in [0.2, 0.25) is 0 Å². The van der Waals surface area contributed by atoms with Crippen molar-refractivity contribution in [2.24, 2.45) is 0 Å². The number of benzene rings is 1. The van der Waals surface area contributed by atoms with Gasteiger partial charge in [-0.1, -0.05) is 25.1 Å². The van der Waals surface area contributed by atoms with Crippen molar-refractivity contribution >= 4 is 5.97 Å². The van der Waals surface area contributed by atoms with E-state index in [9.17, 15) is 4.79 Å². The standard InChI is InChI=1S/C10H12O2.Zn/c1-2-6-10(11)12-9-7-4-3-5-8-9;/h3-5,7-8H,2,6H2,1H3;. The molecule has 0 aliphatic heterocycles. The van der Waals surface area contributed by atoms with Gasteiger partial charge in [0.05, 0.1) is 0 Å². The number of esters is 1. The SMILES string of the molecule is CCCC(=O)Oc1ccccc1.[Zn]. The fourth-order valence-corrected chi connectivity index (χ4v) is 0.875. The average Bonchev–Trinajstić information content (AvgIpc) is 2.06. The van der Waals surface area contributed by atoms with Crippen LogP contribution in [0.1, 0.15) is 19.8 Å². The molecule has 1 aromatic rings. The molecule has 0 aromatic heterocycles. The maximum Gasteiger partial charge on any atom is 0.311 e. The number of carbonyl (C=O) groups excluding carboxylic acids is 1. The molecule has 0 aliphatic rings. The first kappa shape index (κ1) is 12.3. The molecule has 0 unspecified atom stereocenters. The first-order valence-electron chi connectivity index (χ1n) is 4.08. The summed E-state index contributed by atoms with van der Waals surface area (Å²) in [6, 6.07) is 9.11. The molecule has 0 radical (unpaired) electrons. The van der Waals surface area contributed by atoms with Gasteiger partial charge < -0.3 is 4.74 Å². The van der Waals surface area contributed by atoms with E-state index < -0.39 is 0 Å². The minimum Gasteiger partial charge on any atom is -0.427 e. The van der Waals surface area contributed by atoms with Gasteiger partial charge in [-0.2, -0.15) is 0 Å². The van der Waals surface area contributed by atoms with Gasteiger partial charge in [0.15, 0.2) is 0 Å². The maximum absolute atomic E-state index is 11.0. The minimum absolute atomic E-state index is 0. The van der Waals surface area contributed by atoms with Crippen molar-refractivity contribution < 1.29 is 29.0 Å². The van der Waals surface area contributed by atoms with Crippen LogP contribution in [-0.2, 0) is 24.3 Å². The second kappa shape index (κ2) is 6.79. The van der Waals surface area contributed by atoms with Gasteiger partial charge >= 0.3 is 5.97 Å². The number of hydrogen-bond acceptors (Lipinski definition) is 2. The molecule has 1 rings (SSSR count). The van der Waals surface area contributed by atoms with Crippen molar-refractivity contribution in [2.75, 3.05) is 0 Å². The maximum atomic E-state index is 11.0. The summed E-state index contributed by atoms with van der Waals surface area (Å²) in [4.78, 5) is 11.0. The predicted octanol–water partition coefficient (Wildman–Crippen LogP) is 2.39. The summed E-state index contributed by atoms with van der Waals surface area (Å²) >= 11 is 0.